The van der Waals surface area contributed by atoms with Gasteiger partial charge in [-0.1, -0.05) is 53.2 Å². The van der Waals surface area contributed by atoms with Crippen LogP contribution in [0.15, 0.2) is 47.6 Å². The number of nitrogens with one attached hydrogen (secondary N) is 1. The van der Waals surface area contributed by atoms with Crippen LogP contribution in [0.3, 0.4) is 0 Å². The Morgan fingerprint density at radius 1 is 1.12 bits per heavy atom. The molecule has 1 aromatic heterocycles. The molecule has 0 saturated carbocycles. The van der Waals surface area contributed by atoms with E-state index in [1.165, 1.54) is 18.9 Å². The molecule has 0 aliphatic carbocycles. The van der Waals surface area contributed by atoms with Crippen LogP contribution in [0.2, 0.25) is 10.0 Å². The minimum Gasteiger partial charge on any atom is -0.465 e. The number of anilines is 1. The molecule has 0 saturated heterocycles. The number of nitrogens with zero attached hydrogens (tertiary/aromatic N) is 3. The number of para-hydroxylation sites is 1. The molecule has 11 heteroatoms. The van der Waals surface area contributed by atoms with Gasteiger partial charge in [0.2, 0.25) is 5.91 Å². The first-order valence-electron chi connectivity index (χ1n) is 9.96. The lowest BCUT2D eigenvalue weighted by Crippen LogP contribution is -2.17. The number of thioether (sulfide) groups is 2. The molecule has 0 bridgehead atoms. The number of carbonyl (C=O) groups is 2. The molecule has 0 unspecified atom stereocenters. The average Bonchev–Trinajstić information content (AvgIpc) is 3.20. The number of esters is 1. The minimum atomic E-state index is -0.508. The molecule has 0 radical (unpaired) electrons. The molecule has 1 N–H and O–H groups in total. The Morgan fingerprint density at radius 3 is 2.64 bits per heavy atom. The van der Waals surface area contributed by atoms with Crippen molar-refractivity contribution in [1.82, 2.24) is 14.8 Å². The van der Waals surface area contributed by atoms with Gasteiger partial charge >= 0.3 is 5.97 Å². The number of benzene rings is 2. The lowest BCUT2D eigenvalue weighted by Gasteiger charge is -2.10. The number of ether oxygens (including phenoxy) is 1. The molecule has 3 rings (SSSR count). The second kappa shape index (κ2) is 12.3. The Hall–Kier alpha value is -2.20. The van der Waals surface area contributed by atoms with Crippen molar-refractivity contribution >= 4 is 64.3 Å². The van der Waals surface area contributed by atoms with Gasteiger partial charge in [-0.2, -0.15) is 0 Å². The van der Waals surface area contributed by atoms with Crippen molar-refractivity contribution < 1.29 is 14.3 Å². The maximum Gasteiger partial charge on any atom is 0.339 e. The maximum absolute atomic E-state index is 12.5. The fourth-order valence-electron chi connectivity index (χ4n) is 2.94. The number of methoxy groups -OCH3 is 1. The van der Waals surface area contributed by atoms with Crippen molar-refractivity contribution in [3.8, 4) is 0 Å². The largest absolute Gasteiger partial charge is 0.465 e. The Kier molecular flexibility index (Phi) is 9.49. The standard InChI is InChI=1S/C22H22Cl2N4O3S2/c1-3-28-19(12-32-11-14-8-9-15(23)10-17(14)24)26-27-22(28)33-13-20(29)25-18-7-5-4-6-16(18)21(30)31-2/h4-10H,3,11-13H2,1-2H3,(H,25,29). The zero-order valence-corrected chi connectivity index (χ0v) is 21.2. The third-order valence-corrected chi connectivity index (χ3v) is 7.08. The van der Waals surface area contributed by atoms with Crippen molar-refractivity contribution in [2.24, 2.45) is 0 Å². The van der Waals surface area contributed by atoms with Gasteiger partial charge in [-0.25, -0.2) is 4.79 Å². The quantitative estimate of drug-likeness (QED) is 0.274. The van der Waals surface area contributed by atoms with E-state index in [-0.39, 0.29) is 11.7 Å². The highest BCUT2D eigenvalue weighted by atomic mass is 35.5. The molecule has 1 heterocycles. The summed E-state index contributed by atoms with van der Waals surface area (Å²) in [6, 6.07) is 12.2. The Labute approximate surface area is 210 Å². The van der Waals surface area contributed by atoms with Gasteiger partial charge in [-0.15, -0.1) is 22.0 Å². The minimum absolute atomic E-state index is 0.126. The van der Waals surface area contributed by atoms with Gasteiger partial charge in [0, 0.05) is 22.3 Å². The number of carbonyl (C=O) groups excluding carboxylic acids is 2. The van der Waals surface area contributed by atoms with Crippen LogP contribution < -0.4 is 5.32 Å². The number of rotatable bonds is 10. The van der Waals surface area contributed by atoms with E-state index >= 15 is 0 Å². The molecule has 0 fully saturated rings. The fraction of sp³-hybridized carbons (Fsp3) is 0.273. The number of hydrogen-bond donors (Lipinski definition) is 1. The molecule has 7 nitrogen and oxygen atoms in total. The number of halogens is 2. The van der Waals surface area contributed by atoms with Crippen molar-refractivity contribution in [3.63, 3.8) is 0 Å². The summed E-state index contributed by atoms with van der Waals surface area (Å²) in [4.78, 5) is 24.3. The van der Waals surface area contributed by atoms with E-state index in [0.29, 0.717) is 38.8 Å². The van der Waals surface area contributed by atoms with Crippen LogP contribution in [0.25, 0.3) is 0 Å². The van der Waals surface area contributed by atoms with Crippen LogP contribution in [-0.2, 0) is 27.6 Å². The van der Waals surface area contributed by atoms with Crippen LogP contribution in [-0.4, -0.2) is 39.5 Å². The molecule has 1 amide bonds. The van der Waals surface area contributed by atoms with Gasteiger partial charge in [0.05, 0.1) is 29.9 Å². The second-order valence-electron chi connectivity index (χ2n) is 6.75. The van der Waals surface area contributed by atoms with Gasteiger partial charge in [0.15, 0.2) is 5.16 Å². The Morgan fingerprint density at radius 2 is 1.91 bits per heavy atom. The molecule has 0 aliphatic rings. The smallest absolute Gasteiger partial charge is 0.339 e. The van der Waals surface area contributed by atoms with Gasteiger partial charge < -0.3 is 14.6 Å². The lowest BCUT2D eigenvalue weighted by molar-refractivity contribution is -0.113. The second-order valence-corrected chi connectivity index (χ2v) is 9.52. The highest BCUT2D eigenvalue weighted by Gasteiger charge is 2.16. The van der Waals surface area contributed by atoms with Crippen molar-refractivity contribution in [2.75, 3.05) is 18.2 Å². The summed E-state index contributed by atoms with van der Waals surface area (Å²) in [5.41, 5.74) is 1.71. The first-order valence-corrected chi connectivity index (χ1v) is 12.9. The Balaban J connectivity index is 1.57. The van der Waals surface area contributed by atoms with E-state index in [1.54, 1.807) is 42.1 Å². The van der Waals surface area contributed by atoms with Gasteiger partial charge in [-0.3, -0.25) is 4.79 Å². The summed E-state index contributed by atoms with van der Waals surface area (Å²) in [6.07, 6.45) is 0. The molecule has 2 aromatic carbocycles. The SMILES string of the molecule is CCn1c(CSCc2ccc(Cl)cc2Cl)nnc1SCC(=O)Nc1ccccc1C(=O)OC. The number of amides is 1. The third kappa shape index (κ3) is 6.89. The number of hydrogen-bond acceptors (Lipinski definition) is 7. The fourth-order valence-corrected chi connectivity index (χ4v) is 5.28. The van der Waals surface area contributed by atoms with E-state index in [0.717, 1.165) is 17.1 Å². The summed E-state index contributed by atoms with van der Waals surface area (Å²) in [5.74, 6) is 1.56. The predicted octanol–water partition coefficient (Wildman–Crippen LogP) is 5.56. The average molecular weight is 525 g/mol. The first-order chi connectivity index (χ1) is 15.9. The molecule has 0 aliphatic heterocycles. The molecule has 0 atom stereocenters. The summed E-state index contributed by atoms with van der Waals surface area (Å²) in [5, 5.41) is 13.2. The highest BCUT2D eigenvalue weighted by molar-refractivity contribution is 7.99. The van der Waals surface area contributed by atoms with Crippen molar-refractivity contribution in [1.29, 1.82) is 0 Å². The van der Waals surface area contributed by atoms with Crippen molar-refractivity contribution in [3.05, 3.63) is 69.5 Å². The lowest BCUT2D eigenvalue weighted by atomic mass is 10.2. The van der Waals surface area contributed by atoms with E-state index in [9.17, 15) is 9.59 Å². The first kappa shape index (κ1) is 25.4. The molecule has 33 heavy (non-hydrogen) atoms. The topological polar surface area (TPSA) is 86.1 Å². The maximum atomic E-state index is 12.5. The molecule has 0 spiro atoms. The van der Waals surface area contributed by atoms with Gasteiger partial charge in [0.25, 0.3) is 0 Å². The van der Waals surface area contributed by atoms with Gasteiger partial charge in [0.1, 0.15) is 5.82 Å². The summed E-state index contributed by atoms with van der Waals surface area (Å²) < 4.78 is 6.74. The van der Waals surface area contributed by atoms with E-state index in [4.69, 9.17) is 27.9 Å². The number of aromatic nitrogens is 3. The van der Waals surface area contributed by atoms with E-state index < -0.39 is 5.97 Å². The zero-order chi connectivity index (χ0) is 23.8. The van der Waals surface area contributed by atoms with E-state index in [2.05, 4.69) is 15.5 Å². The Bertz CT molecular complexity index is 1140. The molecular formula is C22H22Cl2N4O3S2. The van der Waals surface area contributed by atoms with Crippen LogP contribution >= 0.6 is 46.7 Å². The van der Waals surface area contributed by atoms with Crippen LogP contribution in [0.4, 0.5) is 5.69 Å². The van der Waals surface area contributed by atoms with Crippen LogP contribution in [0.5, 0.6) is 0 Å². The summed E-state index contributed by atoms with van der Waals surface area (Å²) in [7, 11) is 1.30. The highest BCUT2D eigenvalue weighted by Crippen LogP contribution is 2.27. The molecular weight excluding hydrogens is 503 g/mol. The van der Waals surface area contributed by atoms with E-state index in [1.807, 2.05) is 23.6 Å². The normalized spacial score (nSPS) is 10.8. The monoisotopic (exact) mass is 524 g/mol. The van der Waals surface area contributed by atoms with Gasteiger partial charge in [-0.05, 0) is 36.8 Å². The van der Waals surface area contributed by atoms with Crippen LogP contribution in [0.1, 0.15) is 28.7 Å². The summed E-state index contributed by atoms with van der Waals surface area (Å²) in [6.45, 7) is 2.68. The van der Waals surface area contributed by atoms with Crippen molar-refractivity contribution in [2.45, 2.75) is 30.1 Å². The zero-order valence-electron chi connectivity index (χ0n) is 18.0. The third-order valence-electron chi connectivity index (χ3n) is 4.55. The molecule has 3 aromatic rings. The summed E-state index contributed by atoms with van der Waals surface area (Å²) >= 11 is 15.2. The predicted molar refractivity (Wildman–Crippen MR) is 134 cm³/mol. The molecule has 174 valence electrons. The van der Waals surface area contributed by atoms with Crippen LogP contribution in [0, 0.1) is 0 Å².